The van der Waals surface area contributed by atoms with Gasteiger partial charge >= 0.3 is 0 Å². The van der Waals surface area contributed by atoms with Crippen LogP contribution < -0.4 is 0 Å². The second-order valence-electron chi connectivity index (χ2n) is 3.78. The van der Waals surface area contributed by atoms with Crippen molar-refractivity contribution in [3.05, 3.63) is 29.3 Å². The first kappa shape index (κ1) is 12.1. The minimum atomic E-state index is 0.426. The molecule has 1 nitrogen and oxygen atoms in total. The van der Waals surface area contributed by atoms with Gasteiger partial charge in [-0.15, -0.1) is 11.8 Å². The maximum atomic E-state index is 8.71. The summed E-state index contributed by atoms with van der Waals surface area (Å²) in [5, 5.41) is 9.13. The van der Waals surface area contributed by atoms with E-state index in [1.165, 1.54) is 16.0 Å². The molecule has 80 valence electrons. The lowest BCUT2D eigenvalue weighted by atomic mass is 10.2. The highest BCUT2D eigenvalue weighted by molar-refractivity contribution is 8.00. The molecule has 1 unspecified atom stereocenters. The Morgan fingerprint density at radius 3 is 2.73 bits per heavy atom. The van der Waals surface area contributed by atoms with Crippen molar-refractivity contribution in [1.82, 2.24) is 0 Å². The maximum Gasteiger partial charge on any atom is 0.0633 e. The van der Waals surface area contributed by atoms with E-state index in [2.05, 4.69) is 45.0 Å². The molecule has 0 saturated heterocycles. The van der Waals surface area contributed by atoms with E-state index in [1.807, 2.05) is 11.8 Å². The summed E-state index contributed by atoms with van der Waals surface area (Å²) in [6, 6.07) is 8.74. The van der Waals surface area contributed by atoms with E-state index < -0.39 is 0 Å². The zero-order valence-electron chi connectivity index (χ0n) is 9.58. The quantitative estimate of drug-likeness (QED) is 0.712. The van der Waals surface area contributed by atoms with Crippen LogP contribution in [-0.4, -0.2) is 5.25 Å². The number of nitrogens with zero attached hydrogens (tertiary/aromatic N) is 1. The Labute approximate surface area is 96.5 Å². The highest BCUT2D eigenvalue weighted by Gasteiger charge is 2.09. The minimum absolute atomic E-state index is 0.426. The summed E-state index contributed by atoms with van der Waals surface area (Å²) in [7, 11) is 0. The summed E-state index contributed by atoms with van der Waals surface area (Å²) < 4.78 is 0. The lowest BCUT2D eigenvalue weighted by Gasteiger charge is -2.13. The SMILES string of the molecule is CCC(CC#N)Sc1cc(C)ccc1C. The van der Waals surface area contributed by atoms with E-state index in [1.54, 1.807) is 0 Å². The third kappa shape index (κ3) is 3.60. The average molecular weight is 219 g/mol. The zero-order valence-corrected chi connectivity index (χ0v) is 10.4. The molecule has 0 bridgehead atoms. The van der Waals surface area contributed by atoms with Crippen molar-refractivity contribution in [2.24, 2.45) is 0 Å². The fourth-order valence-corrected chi connectivity index (χ4v) is 2.58. The molecule has 1 atom stereocenters. The van der Waals surface area contributed by atoms with Crippen LogP contribution in [-0.2, 0) is 0 Å². The summed E-state index contributed by atoms with van der Waals surface area (Å²) in [5.74, 6) is 0. The first-order valence-electron chi connectivity index (χ1n) is 5.28. The van der Waals surface area contributed by atoms with Crippen LogP contribution in [0.2, 0.25) is 0 Å². The summed E-state index contributed by atoms with van der Waals surface area (Å²) in [6.45, 7) is 6.37. The number of hydrogen-bond donors (Lipinski definition) is 0. The lowest BCUT2D eigenvalue weighted by molar-refractivity contribution is 0.842. The van der Waals surface area contributed by atoms with Gasteiger partial charge in [-0.05, 0) is 31.9 Å². The summed E-state index contributed by atoms with van der Waals surface area (Å²) in [6.07, 6.45) is 1.68. The number of thioether (sulfide) groups is 1. The molecule has 0 radical (unpaired) electrons. The van der Waals surface area contributed by atoms with Crippen LogP contribution in [0.1, 0.15) is 30.9 Å². The molecule has 0 N–H and O–H groups in total. The number of hydrogen-bond acceptors (Lipinski definition) is 2. The van der Waals surface area contributed by atoms with Crippen LogP contribution in [0.3, 0.4) is 0 Å². The Hall–Kier alpha value is -0.940. The van der Waals surface area contributed by atoms with Crippen LogP contribution in [0.25, 0.3) is 0 Å². The fraction of sp³-hybridized carbons (Fsp3) is 0.462. The topological polar surface area (TPSA) is 23.8 Å². The van der Waals surface area contributed by atoms with Crippen LogP contribution in [0.4, 0.5) is 0 Å². The Bertz CT molecular complexity index is 365. The Morgan fingerprint density at radius 2 is 2.13 bits per heavy atom. The maximum absolute atomic E-state index is 8.71. The van der Waals surface area contributed by atoms with E-state index in [9.17, 15) is 0 Å². The molecule has 0 heterocycles. The van der Waals surface area contributed by atoms with Gasteiger partial charge in [-0.1, -0.05) is 24.6 Å². The zero-order chi connectivity index (χ0) is 11.3. The van der Waals surface area contributed by atoms with Crippen LogP contribution in [0, 0.1) is 25.2 Å². The highest BCUT2D eigenvalue weighted by Crippen LogP contribution is 2.30. The van der Waals surface area contributed by atoms with Gasteiger partial charge in [0.1, 0.15) is 0 Å². The molecule has 15 heavy (non-hydrogen) atoms. The summed E-state index contributed by atoms with van der Waals surface area (Å²) in [5.41, 5.74) is 2.59. The third-order valence-corrected chi connectivity index (χ3v) is 3.94. The van der Waals surface area contributed by atoms with Crippen molar-refractivity contribution in [1.29, 1.82) is 5.26 Å². The van der Waals surface area contributed by atoms with Gasteiger partial charge in [-0.2, -0.15) is 5.26 Å². The second-order valence-corrected chi connectivity index (χ2v) is 5.12. The van der Waals surface area contributed by atoms with Gasteiger partial charge in [0.25, 0.3) is 0 Å². The Morgan fingerprint density at radius 1 is 1.40 bits per heavy atom. The van der Waals surface area contributed by atoms with E-state index in [-0.39, 0.29) is 0 Å². The van der Waals surface area contributed by atoms with Gasteiger partial charge in [0.15, 0.2) is 0 Å². The molecule has 2 heteroatoms. The average Bonchev–Trinajstić information content (AvgIpc) is 2.22. The lowest BCUT2D eigenvalue weighted by Crippen LogP contribution is -1.99. The fourth-order valence-electron chi connectivity index (χ4n) is 1.38. The monoisotopic (exact) mass is 219 g/mol. The standard InChI is InChI=1S/C13H17NS/c1-4-12(7-8-14)15-13-9-10(2)5-6-11(13)3/h5-6,9,12H,4,7H2,1-3H3. The first-order chi connectivity index (χ1) is 7.17. The predicted octanol–water partition coefficient (Wildman–Crippen LogP) is 4.09. The smallest absolute Gasteiger partial charge is 0.0633 e. The van der Waals surface area contributed by atoms with Gasteiger partial charge in [0.05, 0.1) is 6.07 Å². The van der Waals surface area contributed by atoms with Crippen LogP contribution in [0.15, 0.2) is 23.1 Å². The first-order valence-corrected chi connectivity index (χ1v) is 6.16. The predicted molar refractivity (Wildman–Crippen MR) is 66.1 cm³/mol. The minimum Gasteiger partial charge on any atom is -0.198 e. The van der Waals surface area contributed by atoms with Crippen molar-refractivity contribution in [2.75, 3.05) is 0 Å². The van der Waals surface area contributed by atoms with E-state index in [0.29, 0.717) is 11.7 Å². The van der Waals surface area contributed by atoms with Gasteiger partial charge in [-0.25, -0.2) is 0 Å². The van der Waals surface area contributed by atoms with Crippen LogP contribution >= 0.6 is 11.8 Å². The van der Waals surface area contributed by atoms with Gasteiger partial charge in [0.2, 0.25) is 0 Å². The Kier molecular flexibility index (Phi) is 4.71. The van der Waals surface area contributed by atoms with Crippen molar-refractivity contribution in [2.45, 2.75) is 43.8 Å². The van der Waals surface area contributed by atoms with Crippen molar-refractivity contribution >= 4 is 11.8 Å². The number of aryl methyl sites for hydroxylation is 2. The summed E-state index contributed by atoms with van der Waals surface area (Å²) in [4.78, 5) is 1.32. The van der Waals surface area contributed by atoms with E-state index >= 15 is 0 Å². The molecule has 0 amide bonds. The number of benzene rings is 1. The molecular formula is C13H17NS. The third-order valence-electron chi connectivity index (χ3n) is 2.41. The molecule has 1 aromatic carbocycles. The molecular weight excluding hydrogens is 202 g/mol. The number of rotatable bonds is 4. The second kappa shape index (κ2) is 5.82. The largest absolute Gasteiger partial charge is 0.198 e. The van der Waals surface area contributed by atoms with E-state index in [4.69, 9.17) is 5.26 Å². The molecule has 1 aromatic rings. The molecule has 0 saturated carbocycles. The van der Waals surface area contributed by atoms with Gasteiger partial charge < -0.3 is 0 Å². The number of nitriles is 1. The molecule has 0 aliphatic heterocycles. The summed E-state index contributed by atoms with van der Waals surface area (Å²) >= 11 is 1.83. The van der Waals surface area contributed by atoms with Crippen molar-refractivity contribution in [3.63, 3.8) is 0 Å². The molecule has 0 aliphatic carbocycles. The van der Waals surface area contributed by atoms with Crippen LogP contribution in [0.5, 0.6) is 0 Å². The normalized spacial score (nSPS) is 12.1. The van der Waals surface area contributed by atoms with E-state index in [0.717, 1.165) is 6.42 Å². The van der Waals surface area contributed by atoms with Crippen molar-refractivity contribution < 1.29 is 0 Å². The molecule has 0 fully saturated rings. The molecule has 0 aromatic heterocycles. The van der Waals surface area contributed by atoms with Gasteiger partial charge in [-0.3, -0.25) is 0 Å². The molecule has 1 rings (SSSR count). The Balaban J connectivity index is 2.78. The van der Waals surface area contributed by atoms with Gasteiger partial charge in [0, 0.05) is 16.6 Å². The van der Waals surface area contributed by atoms with Crippen molar-refractivity contribution in [3.8, 4) is 6.07 Å². The highest BCUT2D eigenvalue weighted by atomic mass is 32.2. The molecule has 0 aliphatic rings. The molecule has 0 spiro atoms.